The third-order valence-corrected chi connectivity index (χ3v) is 5.50. The fourth-order valence-electron chi connectivity index (χ4n) is 2.99. The highest BCUT2D eigenvalue weighted by Crippen LogP contribution is 2.42. The van der Waals surface area contributed by atoms with Crippen molar-refractivity contribution in [3.8, 4) is 0 Å². The molecular formula is C20H22N2O2S. The molecule has 130 valence electrons. The van der Waals surface area contributed by atoms with Crippen molar-refractivity contribution in [2.75, 3.05) is 17.2 Å². The Labute approximate surface area is 152 Å². The minimum absolute atomic E-state index is 0.0258. The van der Waals surface area contributed by atoms with Crippen molar-refractivity contribution >= 4 is 29.3 Å². The number of hydrogen-bond donors (Lipinski definition) is 1. The van der Waals surface area contributed by atoms with Gasteiger partial charge >= 0.3 is 0 Å². The third-order valence-electron chi connectivity index (χ3n) is 4.29. The summed E-state index contributed by atoms with van der Waals surface area (Å²) in [5.41, 5.74) is 4.74. The lowest BCUT2D eigenvalue weighted by Crippen LogP contribution is -2.29. The molecule has 1 N–H and O–H groups in total. The highest BCUT2D eigenvalue weighted by molar-refractivity contribution is 8.00. The van der Waals surface area contributed by atoms with Gasteiger partial charge in [-0.15, -0.1) is 11.8 Å². The van der Waals surface area contributed by atoms with Crippen LogP contribution in [0.1, 0.15) is 39.3 Å². The number of carbonyl (C=O) groups excluding carboxylic acids is 2. The van der Waals surface area contributed by atoms with Gasteiger partial charge in [-0.3, -0.25) is 14.5 Å². The van der Waals surface area contributed by atoms with E-state index in [1.807, 2.05) is 30.9 Å². The van der Waals surface area contributed by atoms with E-state index in [-0.39, 0.29) is 17.2 Å². The summed E-state index contributed by atoms with van der Waals surface area (Å²) in [5.74, 6) is 0.481. The van der Waals surface area contributed by atoms with Crippen molar-refractivity contribution in [1.29, 1.82) is 0 Å². The molecule has 2 amide bonds. The van der Waals surface area contributed by atoms with Crippen LogP contribution in [0.4, 0.5) is 5.69 Å². The van der Waals surface area contributed by atoms with Crippen molar-refractivity contribution in [1.82, 2.24) is 5.32 Å². The number of nitrogens with zero attached hydrogens (tertiary/aromatic N) is 1. The highest BCUT2D eigenvalue weighted by atomic mass is 32.2. The molecule has 1 heterocycles. The second-order valence-electron chi connectivity index (χ2n) is 6.20. The normalized spacial score (nSPS) is 17.0. The van der Waals surface area contributed by atoms with Crippen molar-refractivity contribution in [2.24, 2.45) is 0 Å². The average Bonchev–Trinajstić information content (AvgIpc) is 2.97. The number of aryl methyl sites for hydroxylation is 2. The lowest BCUT2D eigenvalue weighted by Gasteiger charge is -2.26. The lowest BCUT2D eigenvalue weighted by atomic mass is 10.1. The van der Waals surface area contributed by atoms with Crippen LogP contribution in [0.25, 0.3) is 0 Å². The molecule has 0 radical (unpaired) electrons. The van der Waals surface area contributed by atoms with Crippen LogP contribution in [-0.2, 0) is 4.79 Å². The highest BCUT2D eigenvalue weighted by Gasteiger charge is 2.34. The summed E-state index contributed by atoms with van der Waals surface area (Å²) in [7, 11) is 0. The van der Waals surface area contributed by atoms with Crippen LogP contribution in [0.5, 0.6) is 0 Å². The minimum Gasteiger partial charge on any atom is -0.352 e. The number of thioether (sulfide) groups is 1. The summed E-state index contributed by atoms with van der Waals surface area (Å²) < 4.78 is 0. The first-order chi connectivity index (χ1) is 12.0. The summed E-state index contributed by atoms with van der Waals surface area (Å²) in [6, 6.07) is 13.8. The van der Waals surface area contributed by atoms with Gasteiger partial charge < -0.3 is 5.32 Å². The van der Waals surface area contributed by atoms with Gasteiger partial charge in [-0.2, -0.15) is 0 Å². The number of nitrogens with one attached hydrogen (secondary N) is 1. The molecule has 4 nitrogen and oxygen atoms in total. The van der Waals surface area contributed by atoms with Gasteiger partial charge in [0.2, 0.25) is 5.91 Å². The van der Waals surface area contributed by atoms with Crippen LogP contribution in [0, 0.1) is 13.8 Å². The van der Waals surface area contributed by atoms with Crippen molar-refractivity contribution in [3.63, 3.8) is 0 Å². The number of anilines is 1. The molecule has 1 saturated heterocycles. The zero-order valence-corrected chi connectivity index (χ0v) is 15.5. The standard InChI is InChI=1S/C20H22N2O2S/c1-4-21-19(24)16-9-10-17(14(3)11-16)22-18(23)12-25-20(22)15-7-5-13(2)6-8-15/h5-11,20H,4,12H2,1-3H3,(H,21,24). The molecule has 3 rings (SSSR count). The Morgan fingerprint density at radius 2 is 1.92 bits per heavy atom. The van der Waals surface area contributed by atoms with E-state index in [1.165, 1.54) is 5.56 Å². The SMILES string of the molecule is CCNC(=O)c1ccc(N2C(=O)CSC2c2ccc(C)cc2)c(C)c1. The Bertz CT molecular complexity index is 802. The van der Waals surface area contributed by atoms with Gasteiger partial charge in [0.25, 0.3) is 5.91 Å². The van der Waals surface area contributed by atoms with Crippen LogP contribution >= 0.6 is 11.8 Å². The van der Waals surface area contributed by atoms with Gasteiger partial charge in [0.15, 0.2) is 0 Å². The molecule has 2 aromatic carbocycles. The van der Waals surface area contributed by atoms with E-state index in [2.05, 4.69) is 36.5 Å². The second-order valence-corrected chi connectivity index (χ2v) is 7.27. The predicted molar refractivity (Wildman–Crippen MR) is 103 cm³/mol. The van der Waals surface area contributed by atoms with E-state index in [9.17, 15) is 9.59 Å². The summed E-state index contributed by atoms with van der Waals surface area (Å²) in [6.45, 7) is 6.49. The number of hydrogen-bond acceptors (Lipinski definition) is 3. The van der Waals surface area contributed by atoms with Crippen LogP contribution < -0.4 is 10.2 Å². The first-order valence-corrected chi connectivity index (χ1v) is 9.45. The van der Waals surface area contributed by atoms with E-state index in [0.717, 1.165) is 16.8 Å². The molecule has 1 aliphatic heterocycles. The molecule has 2 aromatic rings. The van der Waals surface area contributed by atoms with E-state index < -0.39 is 0 Å². The van der Waals surface area contributed by atoms with Gasteiger partial charge in [0.1, 0.15) is 5.37 Å². The molecule has 0 saturated carbocycles. The maximum atomic E-state index is 12.5. The van der Waals surface area contributed by atoms with Crippen LogP contribution in [0.15, 0.2) is 42.5 Å². The van der Waals surface area contributed by atoms with Crippen LogP contribution in [0.3, 0.4) is 0 Å². The largest absolute Gasteiger partial charge is 0.352 e. The number of rotatable bonds is 4. The molecule has 0 aromatic heterocycles. The molecule has 1 fully saturated rings. The Morgan fingerprint density at radius 1 is 1.20 bits per heavy atom. The predicted octanol–water partition coefficient (Wildman–Crippen LogP) is 3.83. The number of benzene rings is 2. The Kier molecular flexibility index (Phi) is 5.13. The molecule has 0 bridgehead atoms. The quantitative estimate of drug-likeness (QED) is 0.908. The minimum atomic E-state index is -0.0886. The monoisotopic (exact) mass is 354 g/mol. The summed E-state index contributed by atoms with van der Waals surface area (Å²) in [6.07, 6.45) is 0. The fraction of sp³-hybridized carbons (Fsp3) is 0.300. The molecule has 1 unspecified atom stereocenters. The van der Waals surface area contributed by atoms with Gasteiger partial charge in [-0.25, -0.2) is 0 Å². The van der Waals surface area contributed by atoms with Crippen molar-refractivity contribution in [3.05, 3.63) is 64.7 Å². The van der Waals surface area contributed by atoms with Gasteiger partial charge in [0, 0.05) is 17.8 Å². The number of carbonyl (C=O) groups is 2. The average molecular weight is 354 g/mol. The van der Waals surface area contributed by atoms with Crippen LogP contribution in [0.2, 0.25) is 0 Å². The van der Waals surface area contributed by atoms with E-state index >= 15 is 0 Å². The molecule has 0 aliphatic carbocycles. The maximum absolute atomic E-state index is 12.5. The van der Waals surface area contributed by atoms with E-state index in [0.29, 0.717) is 17.9 Å². The molecule has 25 heavy (non-hydrogen) atoms. The zero-order valence-electron chi connectivity index (χ0n) is 14.7. The second kappa shape index (κ2) is 7.31. The first-order valence-electron chi connectivity index (χ1n) is 8.40. The topological polar surface area (TPSA) is 49.4 Å². The fourth-order valence-corrected chi connectivity index (χ4v) is 4.16. The summed E-state index contributed by atoms with van der Waals surface area (Å²) in [4.78, 5) is 26.4. The maximum Gasteiger partial charge on any atom is 0.251 e. The summed E-state index contributed by atoms with van der Waals surface area (Å²) in [5, 5.41) is 2.78. The Morgan fingerprint density at radius 3 is 2.56 bits per heavy atom. The molecule has 0 spiro atoms. The smallest absolute Gasteiger partial charge is 0.251 e. The number of amides is 2. The van der Waals surface area contributed by atoms with E-state index in [4.69, 9.17) is 0 Å². The first kappa shape index (κ1) is 17.5. The molecule has 1 aliphatic rings. The molecular weight excluding hydrogens is 332 g/mol. The molecule has 5 heteroatoms. The van der Waals surface area contributed by atoms with E-state index in [1.54, 1.807) is 17.8 Å². The van der Waals surface area contributed by atoms with Crippen molar-refractivity contribution in [2.45, 2.75) is 26.1 Å². The lowest BCUT2D eigenvalue weighted by molar-refractivity contribution is -0.115. The third kappa shape index (κ3) is 3.56. The van der Waals surface area contributed by atoms with Crippen molar-refractivity contribution < 1.29 is 9.59 Å². The van der Waals surface area contributed by atoms with Crippen LogP contribution in [-0.4, -0.2) is 24.1 Å². The zero-order chi connectivity index (χ0) is 18.0. The van der Waals surface area contributed by atoms with Gasteiger partial charge in [-0.1, -0.05) is 29.8 Å². The Balaban J connectivity index is 1.94. The summed E-state index contributed by atoms with van der Waals surface area (Å²) >= 11 is 1.64. The van der Waals surface area contributed by atoms with Gasteiger partial charge in [-0.05, 0) is 50.1 Å². The Hall–Kier alpha value is -2.27. The van der Waals surface area contributed by atoms with Gasteiger partial charge in [0.05, 0.1) is 5.75 Å². The molecule has 1 atom stereocenters.